The fourth-order valence-electron chi connectivity index (χ4n) is 2.25. The molecule has 1 N–H and O–H groups in total. The van der Waals surface area contributed by atoms with Crippen LogP contribution in [-0.2, 0) is 6.54 Å². The van der Waals surface area contributed by atoms with Crippen molar-refractivity contribution in [2.45, 2.75) is 6.54 Å². The summed E-state index contributed by atoms with van der Waals surface area (Å²) in [5.74, 6) is -0.184. The van der Waals surface area contributed by atoms with Gasteiger partial charge in [0.25, 0.3) is 0 Å². The quantitative estimate of drug-likeness (QED) is 0.785. The van der Waals surface area contributed by atoms with E-state index >= 15 is 0 Å². The van der Waals surface area contributed by atoms with Gasteiger partial charge in [0.2, 0.25) is 0 Å². The molecule has 3 rings (SSSR count). The highest BCUT2D eigenvalue weighted by Crippen LogP contribution is 2.28. The van der Waals surface area contributed by atoms with Crippen LogP contribution in [0.4, 0.5) is 10.1 Å². The summed E-state index contributed by atoms with van der Waals surface area (Å²) in [6.07, 6.45) is 1.70. The summed E-state index contributed by atoms with van der Waals surface area (Å²) in [4.78, 5) is 4.26. The lowest BCUT2D eigenvalue weighted by Gasteiger charge is -2.11. The van der Waals surface area contributed by atoms with Crippen LogP contribution in [0.5, 0.6) is 5.75 Å². The smallest absolute Gasteiger partial charge is 0.165 e. The number of rotatable bonds is 4. The zero-order chi connectivity index (χ0) is 14.7. The van der Waals surface area contributed by atoms with Crippen molar-refractivity contribution >= 4 is 16.6 Å². The van der Waals surface area contributed by atoms with Crippen molar-refractivity contribution in [1.29, 1.82) is 0 Å². The van der Waals surface area contributed by atoms with Gasteiger partial charge in [-0.1, -0.05) is 30.3 Å². The van der Waals surface area contributed by atoms with E-state index in [1.807, 2.05) is 36.4 Å². The molecule has 2 aromatic carbocycles. The first kappa shape index (κ1) is 13.4. The predicted octanol–water partition coefficient (Wildman–Crippen LogP) is 3.99. The number of fused-ring (bicyclic) bond motifs is 1. The van der Waals surface area contributed by atoms with Crippen LogP contribution in [-0.4, -0.2) is 12.1 Å². The molecule has 21 heavy (non-hydrogen) atoms. The third kappa shape index (κ3) is 2.79. The molecule has 0 bridgehead atoms. The summed E-state index contributed by atoms with van der Waals surface area (Å²) in [6.45, 7) is 0.674. The van der Waals surface area contributed by atoms with Crippen LogP contribution in [0.25, 0.3) is 10.9 Å². The number of methoxy groups -OCH3 is 1. The SMILES string of the molecule is COc1cc2nccc(NCc3ccccc3)c2cc1F. The average molecular weight is 282 g/mol. The number of hydrogen-bond donors (Lipinski definition) is 1. The summed E-state index contributed by atoms with van der Waals surface area (Å²) in [7, 11) is 1.45. The second-order valence-electron chi connectivity index (χ2n) is 4.70. The molecule has 0 atom stereocenters. The molecule has 0 amide bonds. The molecule has 0 spiro atoms. The Balaban J connectivity index is 1.93. The minimum absolute atomic E-state index is 0.204. The van der Waals surface area contributed by atoms with E-state index in [0.29, 0.717) is 12.1 Å². The molecule has 0 aliphatic carbocycles. The zero-order valence-electron chi connectivity index (χ0n) is 11.6. The molecule has 1 aromatic heterocycles. The number of hydrogen-bond acceptors (Lipinski definition) is 3. The molecular weight excluding hydrogens is 267 g/mol. The van der Waals surface area contributed by atoms with Crippen molar-refractivity contribution in [3.8, 4) is 5.75 Å². The van der Waals surface area contributed by atoms with Crippen LogP contribution in [0, 0.1) is 5.82 Å². The molecule has 0 radical (unpaired) electrons. The lowest BCUT2D eigenvalue weighted by molar-refractivity contribution is 0.387. The molecule has 0 unspecified atom stereocenters. The van der Waals surface area contributed by atoms with Gasteiger partial charge >= 0.3 is 0 Å². The number of anilines is 1. The number of aromatic nitrogens is 1. The highest BCUT2D eigenvalue weighted by atomic mass is 19.1. The third-order valence-electron chi connectivity index (χ3n) is 3.34. The van der Waals surface area contributed by atoms with E-state index in [1.54, 1.807) is 12.3 Å². The molecule has 3 nitrogen and oxygen atoms in total. The van der Waals surface area contributed by atoms with Crippen LogP contribution < -0.4 is 10.1 Å². The summed E-state index contributed by atoms with van der Waals surface area (Å²) in [6, 6.07) is 15.0. The van der Waals surface area contributed by atoms with Crippen LogP contribution in [0.1, 0.15) is 5.56 Å². The van der Waals surface area contributed by atoms with Gasteiger partial charge < -0.3 is 10.1 Å². The lowest BCUT2D eigenvalue weighted by atomic mass is 10.1. The number of benzene rings is 2. The molecular formula is C17H15FN2O. The first-order valence-electron chi connectivity index (χ1n) is 6.68. The van der Waals surface area contributed by atoms with Crippen molar-refractivity contribution in [2.75, 3.05) is 12.4 Å². The minimum Gasteiger partial charge on any atom is -0.494 e. The van der Waals surface area contributed by atoms with Crippen molar-refractivity contribution in [1.82, 2.24) is 4.98 Å². The van der Waals surface area contributed by atoms with Gasteiger partial charge in [-0.3, -0.25) is 4.98 Å². The fraction of sp³-hybridized carbons (Fsp3) is 0.118. The second kappa shape index (κ2) is 5.79. The Kier molecular flexibility index (Phi) is 3.69. The van der Waals surface area contributed by atoms with Crippen LogP contribution >= 0.6 is 0 Å². The summed E-state index contributed by atoms with van der Waals surface area (Å²) in [5, 5.41) is 4.06. The average Bonchev–Trinajstić information content (AvgIpc) is 2.53. The maximum Gasteiger partial charge on any atom is 0.165 e. The van der Waals surface area contributed by atoms with E-state index in [9.17, 15) is 4.39 Å². The lowest BCUT2D eigenvalue weighted by Crippen LogP contribution is -2.00. The van der Waals surface area contributed by atoms with Gasteiger partial charge in [-0.15, -0.1) is 0 Å². The van der Waals surface area contributed by atoms with E-state index < -0.39 is 0 Å². The monoisotopic (exact) mass is 282 g/mol. The Morgan fingerprint density at radius 2 is 1.95 bits per heavy atom. The topological polar surface area (TPSA) is 34.1 Å². The number of ether oxygens (including phenoxy) is 1. The van der Waals surface area contributed by atoms with Crippen LogP contribution in [0.15, 0.2) is 54.7 Å². The Morgan fingerprint density at radius 1 is 1.14 bits per heavy atom. The van der Waals surface area contributed by atoms with Crippen molar-refractivity contribution < 1.29 is 9.13 Å². The summed E-state index contributed by atoms with van der Waals surface area (Å²) >= 11 is 0. The van der Waals surface area contributed by atoms with Gasteiger partial charge in [0, 0.05) is 29.9 Å². The van der Waals surface area contributed by atoms with Crippen molar-refractivity contribution in [3.63, 3.8) is 0 Å². The Morgan fingerprint density at radius 3 is 2.71 bits per heavy atom. The molecule has 3 aromatic rings. The Bertz CT molecular complexity index is 759. The van der Waals surface area contributed by atoms with Crippen molar-refractivity contribution in [3.05, 3.63) is 66.1 Å². The predicted molar refractivity (Wildman–Crippen MR) is 82.0 cm³/mol. The number of nitrogens with one attached hydrogen (secondary N) is 1. The first-order valence-corrected chi connectivity index (χ1v) is 6.68. The summed E-state index contributed by atoms with van der Waals surface area (Å²) < 4.78 is 18.9. The molecule has 1 heterocycles. The maximum absolute atomic E-state index is 13.9. The molecule has 0 fully saturated rings. The number of halogens is 1. The molecule has 4 heteroatoms. The van der Waals surface area contributed by atoms with Crippen LogP contribution in [0.3, 0.4) is 0 Å². The van der Waals surface area contributed by atoms with E-state index in [2.05, 4.69) is 10.3 Å². The van der Waals surface area contributed by atoms with Gasteiger partial charge in [-0.25, -0.2) is 4.39 Å². The normalized spacial score (nSPS) is 10.6. The highest BCUT2D eigenvalue weighted by molar-refractivity contribution is 5.92. The van der Waals surface area contributed by atoms with Crippen molar-refractivity contribution in [2.24, 2.45) is 0 Å². The Hall–Kier alpha value is -2.62. The zero-order valence-corrected chi connectivity index (χ0v) is 11.6. The standard InChI is InChI=1S/C17H15FN2O/c1-21-17-10-16-13(9-14(17)18)15(7-8-19-16)20-11-12-5-3-2-4-6-12/h2-10H,11H2,1H3,(H,19,20). The van der Waals surface area contributed by atoms with E-state index in [0.717, 1.165) is 16.6 Å². The molecule has 0 aliphatic heterocycles. The third-order valence-corrected chi connectivity index (χ3v) is 3.34. The maximum atomic E-state index is 13.9. The van der Waals surface area contributed by atoms with Gasteiger partial charge in [-0.05, 0) is 17.7 Å². The molecule has 106 valence electrons. The molecule has 0 aliphatic rings. The van der Waals surface area contributed by atoms with E-state index in [1.165, 1.54) is 13.2 Å². The van der Waals surface area contributed by atoms with Gasteiger partial charge in [0.05, 0.1) is 12.6 Å². The number of nitrogens with zero attached hydrogens (tertiary/aromatic N) is 1. The van der Waals surface area contributed by atoms with Crippen LogP contribution in [0.2, 0.25) is 0 Å². The van der Waals surface area contributed by atoms with Gasteiger partial charge in [-0.2, -0.15) is 0 Å². The Labute approximate surface area is 122 Å². The fourth-order valence-corrected chi connectivity index (χ4v) is 2.25. The summed E-state index contributed by atoms with van der Waals surface area (Å²) in [5.41, 5.74) is 2.72. The van der Waals surface area contributed by atoms with E-state index in [-0.39, 0.29) is 11.6 Å². The van der Waals surface area contributed by atoms with E-state index in [4.69, 9.17) is 4.74 Å². The second-order valence-corrected chi connectivity index (χ2v) is 4.70. The first-order chi connectivity index (χ1) is 10.3. The van der Waals surface area contributed by atoms with Gasteiger partial charge in [0.15, 0.2) is 11.6 Å². The molecule has 0 saturated heterocycles. The largest absolute Gasteiger partial charge is 0.494 e. The number of pyridine rings is 1. The van der Waals surface area contributed by atoms with Gasteiger partial charge in [0.1, 0.15) is 0 Å². The minimum atomic E-state index is -0.388. The highest BCUT2D eigenvalue weighted by Gasteiger charge is 2.08. The molecule has 0 saturated carbocycles.